The zero-order valence-corrected chi connectivity index (χ0v) is 14.3. The van der Waals surface area contributed by atoms with Gasteiger partial charge < -0.3 is 4.74 Å². The molecule has 24 heavy (non-hydrogen) atoms. The first-order valence-electron chi connectivity index (χ1n) is 7.87. The van der Waals surface area contributed by atoms with Crippen LogP contribution in [0.2, 0.25) is 0 Å². The number of hydrogen-bond acceptors (Lipinski definition) is 3. The van der Waals surface area contributed by atoms with Gasteiger partial charge in [-0.15, -0.1) is 0 Å². The van der Waals surface area contributed by atoms with E-state index in [9.17, 15) is 12.8 Å². The molecule has 1 aliphatic rings. The number of hydrogen-bond donors (Lipinski definition) is 0. The number of nitrogens with zero attached hydrogens (tertiary/aromatic N) is 1. The molecule has 0 spiro atoms. The molecule has 6 heteroatoms. The van der Waals surface area contributed by atoms with Gasteiger partial charge in [0.1, 0.15) is 11.6 Å². The summed E-state index contributed by atoms with van der Waals surface area (Å²) in [6.45, 7) is 0.514. The van der Waals surface area contributed by atoms with E-state index in [2.05, 4.69) is 0 Å². The summed E-state index contributed by atoms with van der Waals surface area (Å²) >= 11 is 0. The summed E-state index contributed by atoms with van der Waals surface area (Å²) in [5.41, 5.74) is 1.56. The lowest BCUT2D eigenvalue weighted by molar-refractivity contribution is 0.394. The van der Waals surface area contributed by atoms with Crippen molar-refractivity contribution in [3.8, 4) is 5.75 Å². The molecule has 2 aromatic carbocycles. The quantitative estimate of drug-likeness (QED) is 0.830. The monoisotopic (exact) mass is 349 g/mol. The van der Waals surface area contributed by atoms with Gasteiger partial charge in [0, 0.05) is 12.6 Å². The van der Waals surface area contributed by atoms with Crippen LogP contribution >= 0.6 is 0 Å². The predicted molar refractivity (Wildman–Crippen MR) is 90.7 cm³/mol. The topological polar surface area (TPSA) is 46.6 Å². The second-order valence-corrected chi connectivity index (χ2v) is 7.85. The van der Waals surface area contributed by atoms with E-state index in [1.54, 1.807) is 11.4 Å². The highest BCUT2D eigenvalue weighted by molar-refractivity contribution is 7.88. The molecule has 0 bridgehead atoms. The molecule has 0 amide bonds. The summed E-state index contributed by atoms with van der Waals surface area (Å²) in [4.78, 5) is 0. The second kappa shape index (κ2) is 6.91. The van der Waals surface area contributed by atoms with Crippen LogP contribution in [0.5, 0.6) is 5.75 Å². The summed E-state index contributed by atoms with van der Waals surface area (Å²) in [5.74, 6) is 0.269. The average Bonchev–Trinajstić information content (AvgIpc) is 3.07. The Morgan fingerprint density at radius 2 is 1.79 bits per heavy atom. The molecule has 4 nitrogen and oxygen atoms in total. The van der Waals surface area contributed by atoms with Gasteiger partial charge in [-0.05, 0) is 48.2 Å². The molecule has 0 unspecified atom stereocenters. The molecular formula is C18H20FNO3S. The van der Waals surface area contributed by atoms with Gasteiger partial charge >= 0.3 is 0 Å². The van der Waals surface area contributed by atoms with Crippen molar-refractivity contribution in [3.05, 3.63) is 65.5 Å². The van der Waals surface area contributed by atoms with E-state index in [1.165, 1.54) is 24.3 Å². The van der Waals surface area contributed by atoms with Gasteiger partial charge in [0.2, 0.25) is 10.0 Å². The van der Waals surface area contributed by atoms with E-state index in [4.69, 9.17) is 4.74 Å². The maximum absolute atomic E-state index is 13.0. The first kappa shape index (κ1) is 16.9. The summed E-state index contributed by atoms with van der Waals surface area (Å²) in [6, 6.07) is 13.0. The third-order valence-corrected chi connectivity index (χ3v) is 6.17. The standard InChI is InChI=1S/C18H20FNO3S/c1-23-17-10-6-15(7-11-17)18-3-2-12-20(18)24(21,22)13-14-4-8-16(19)9-5-14/h4-11,18H,2-3,12-13H2,1H3/t18-/m1/s1. The van der Waals surface area contributed by atoms with Crippen LogP contribution in [0.25, 0.3) is 0 Å². The fourth-order valence-electron chi connectivity index (χ4n) is 3.11. The van der Waals surface area contributed by atoms with Gasteiger partial charge in [0.25, 0.3) is 0 Å². The minimum absolute atomic E-state index is 0.111. The maximum atomic E-state index is 13.0. The normalized spacial score (nSPS) is 18.7. The Morgan fingerprint density at radius 1 is 1.12 bits per heavy atom. The van der Waals surface area contributed by atoms with Crippen molar-refractivity contribution in [2.24, 2.45) is 0 Å². The molecule has 1 atom stereocenters. The van der Waals surface area contributed by atoms with Crippen LogP contribution in [0.4, 0.5) is 4.39 Å². The summed E-state index contributed by atoms with van der Waals surface area (Å²) in [6.07, 6.45) is 1.63. The van der Waals surface area contributed by atoms with E-state index in [0.717, 1.165) is 24.2 Å². The van der Waals surface area contributed by atoms with Gasteiger partial charge in [0.05, 0.1) is 12.9 Å². The minimum Gasteiger partial charge on any atom is -0.497 e. The molecule has 2 aromatic rings. The van der Waals surface area contributed by atoms with Crippen LogP contribution in [0.1, 0.15) is 30.0 Å². The van der Waals surface area contributed by atoms with Crippen molar-refractivity contribution in [3.63, 3.8) is 0 Å². The zero-order valence-electron chi connectivity index (χ0n) is 13.5. The van der Waals surface area contributed by atoms with Gasteiger partial charge in [-0.3, -0.25) is 0 Å². The Morgan fingerprint density at radius 3 is 2.42 bits per heavy atom. The van der Waals surface area contributed by atoms with Crippen LogP contribution < -0.4 is 4.74 Å². The molecule has 1 aliphatic heterocycles. The molecule has 1 heterocycles. The highest BCUT2D eigenvalue weighted by Crippen LogP contribution is 2.35. The van der Waals surface area contributed by atoms with E-state index < -0.39 is 10.0 Å². The van der Waals surface area contributed by atoms with Crippen molar-refractivity contribution in [1.82, 2.24) is 4.31 Å². The lowest BCUT2D eigenvalue weighted by Crippen LogP contribution is -2.31. The fourth-order valence-corrected chi connectivity index (χ4v) is 4.91. The van der Waals surface area contributed by atoms with Gasteiger partial charge in [-0.1, -0.05) is 24.3 Å². The fraction of sp³-hybridized carbons (Fsp3) is 0.333. The highest BCUT2D eigenvalue weighted by atomic mass is 32.2. The first-order valence-corrected chi connectivity index (χ1v) is 9.48. The summed E-state index contributed by atoms with van der Waals surface area (Å²) in [5, 5.41) is 0. The Bertz CT molecular complexity index is 788. The van der Waals surface area contributed by atoms with Crippen LogP contribution in [-0.4, -0.2) is 26.4 Å². The Kier molecular flexibility index (Phi) is 4.87. The number of benzene rings is 2. The van der Waals surface area contributed by atoms with Gasteiger partial charge in [-0.2, -0.15) is 4.31 Å². The number of ether oxygens (including phenoxy) is 1. The van der Waals surface area contributed by atoms with Crippen molar-refractivity contribution in [2.75, 3.05) is 13.7 Å². The average molecular weight is 349 g/mol. The molecule has 1 fully saturated rings. The summed E-state index contributed by atoms with van der Waals surface area (Å²) in [7, 11) is -1.86. The van der Waals surface area contributed by atoms with Crippen LogP contribution in [0.3, 0.4) is 0 Å². The van der Waals surface area contributed by atoms with E-state index in [0.29, 0.717) is 12.1 Å². The van der Waals surface area contributed by atoms with Crippen molar-refractivity contribution in [2.45, 2.75) is 24.6 Å². The van der Waals surface area contributed by atoms with Crippen LogP contribution in [0.15, 0.2) is 48.5 Å². The van der Waals surface area contributed by atoms with Crippen molar-refractivity contribution in [1.29, 1.82) is 0 Å². The highest BCUT2D eigenvalue weighted by Gasteiger charge is 2.35. The molecule has 0 N–H and O–H groups in total. The zero-order chi connectivity index (χ0) is 17.2. The van der Waals surface area contributed by atoms with Gasteiger partial charge in [-0.25, -0.2) is 12.8 Å². The maximum Gasteiger partial charge on any atom is 0.218 e. The van der Waals surface area contributed by atoms with Crippen LogP contribution in [0, 0.1) is 5.82 Å². The SMILES string of the molecule is COc1ccc([C@H]2CCCN2S(=O)(=O)Cc2ccc(F)cc2)cc1. The molecule has 0 saturated carbocycles. The molecule has 0 aromatic heterocycles. The molecule has 128 valence electrons. The molecular weight excluding hydrogens is 329 g/mol. The predicted octanol–water partition coefficient (Wildman–Crippen LogP) is 3.50. The molecule has 3 rings (SSSR count). The smallest absolute Gasteiger partial charge is 0.218 e. The van der Waals surface area contributed by atoms with E-state index in [1.807, 2.05) is 24.3 Å². The number of rotatable bonds is 5. The largest absolute Gasteiger partial charge is 0.497 e. The van der Waals surface area contributed by atoms with E-state index in [-0.39, 0.29) is 17.6 Å². The summed E-state index contributed by atoms with van der Waals surface area (Å²) < 4.78 is 45.3. The Balaban J connectivity index is 1.81. The Labute approximate surface area is 141 Å². The van der Waals surface area contributed by atoms with Crippen molar-refractivity contribution < 1.29 is 17.5 Å². The molecule has 0 radical (unpaired) electrons. The number of sulfonamides is 1. The van der Waals surface area contributed by atoms with Gasteiger partial charge in [0.15, 0.2) is 0 Å². The first-order chi connectivity index (χ1) is 11.5. The lowest BCUT2D eigenvalue weighted by Gasteiger charge is -2.24. The molecule has 0 aliphatic carbocycles. The Hall–Kier alpha value is -1.92. The molecule has 1 saturated heterocycles. The second-order valence-electron chi connectivity index (χ2n) is 5.92. The number of halogens is 1. The lowest BCUT2D eigenvalue weighted by atomic mass is 10.1. The van der Waals surface area contributed by atoms with Crippen LogP contribution in [-0.2, 0) is 15.8 Å². The third-order valence-electron chi connectivity index (χ3n) is 4.32. The third kappa shape index (κ3) is 3.60. The number of methoxy groups -OCH3 is 1. The minimum atomic E-state index is -3.46. The van der Waals surface area contributed by atoms with Crippen molar-refractivity contribution >= 4 is 10.0 Å². The van der Waals surface area contributed by atoms with E-state index >= 15 is 0 Å².